The Morgan fingerprint density at radius 2 is 1.82 bits per heavy atom. The van der Waals surface area contributed by atoms with E-state index in [1.54, 1.807) is 18.1 Å². The predicted octanol–water partition coefficient (Wildman–Crippen LogP) is 4.01. The second kappa shape index (κ2) is 10.9. The van der Waals surface area contributed by atoms with Crippen molar-refractivity contribution in [2.45, 2.75) is 62.6 Å². The van der Waals surface area contributed by atoms with Gasteiger partial charge in [0.1, 0.15) is 6.54 Å². The van der Waals surface area contributed by atoms with E-state index in [4.69, 9.17) is 4.74 Å². The lowest BCUT2D eigenvalue weighted by Gasteiger charge is -2.51. The fraction of sp³-hybridized carbons (Fsp3) is 0.567. The van der Waals surface area contributed by atoms with Gasteiger partial charge in [0.15, 0.2) is 0 Å². The highest BCUT2D eigenvalue weighted by Crippen LogP contribution is 2.49. The summed E-state index contributed by atoms with van der Waals surface area (Å²) in [5.74, 6) is 0.936. The largest absolute Gasteiger partial charge is 0.481 e. The van der Waals surface area contributed by atoms with Crippen molar-refractivity contribution in [3.05, 3.63) is 59.8 Å². The fourth-order valence-electron chi connectivity index (χ4n) is 6.60. The molecule has 3 amide bonds. The zero-order valence-corrected chi connectivity index (χ0v) is 23.0. The molecule has 1 N–H and O–H groups in total. The lowest BCUT2D eigenvalue weighted by molar-refractivity contribution is -0.121. The number of nitrogens with one attached hydrogen (secondary N) is 1. The van der Waals surface area contributed by atoms with Gasteiger partial charge in [-0.25, -0.2) is 9.78 Å². The molecule has 2 aromatic rings. The number of carbonyl (C=O) groups is 2. The highest BCUT2D eigenvalue weighted by molar-refractivity contribution is 5.86. The Bertz CT molecular complexity index is 1130. The number of pyridine rings is 1. The Morgan fingerprint density at radius 3 is 2.45 bits per heavy atom. The van der Waals surface area contributed by atoms with Crippen molar-refractivity contribution in [2.24, 2.45) is 5.92 Å². The average Bonchev–Trinajstić information content (AvgIpc) is 3.15. The summed E-state index contributed by atoms with van der Waals surface area (Å²) in [6.07, 6.45) is 7.48. The molecular weight excluding hydrogens is 478 g/mol. The molecule has 1 spiro atoms. The summed E-state index contributed by atoms with van der Waals surface area (Å²) < 4.78 is 5.18. The highest BCUT2D eigenvalue weighted by atomic mass is 16.5. The number of amides is 3. The third-order valence-electron chi connectivity index (χ3n) is 9.19. The third-order valence-corrected chi connectivity index (χ3v) is 9.19. The predicted molar refractivity (Wildman–Crippen MR) is 147 cm³/mol. The van der Waals surface area contributed by atoms with Gasteiger partial charge in [-0.1, -0.05) is 42.8 Å². The van der Waals surface area contributed by atoms with Crippen LogP contribution in [0.2, 0.25) is 0 Å². The van der Waals surface area contributed by atoms with E-state index in [0.29, 0.717) is 24.9 Å². The summed E-state index contributed by atoms with van der Waals surface area (Å²) in [5, 5.41) is 2.94. The smallest absolute Gasteiger partial charge is 0.321 e. The number of ether oxygens (including phenoxy) is 1. The lowest BCUT2D eigenvalue weighted by Crippen LogP contribution is -2.56. The Balaban J connectivity index is 1.29. The van der Waals surface area contributed by atoms with Gasteiger partial charge in [-0.05, 0) is 70.2 Å². The highest BCUT2D eigenvalue weighted by Gasteiger charge is 2.55. The summed E-state index contributed by atoms with van der Waals surface area (Å²) in [7, 11) is 5.91. The normalized spacial score (nSPS) is 25.6. The van der Waals surface area contributed by atoms with Crippen molar-refractivity contribution in [1.29, 1.82) is 0 Å². The fourth-order valence-corrected chi connectivity index (χ4v) is 6.60. The topological polar surface area (TPSA) is 78.0 Å². The number of urea groups is 1. The molecule has 0 radical (unpaired) electrons. The first-order valence-electron chi connectivity index (χ1n) is 13.9. The molecule has 204 valence electrons. The summed E-state index contributed by atoms with van der Waals surface area (Å²) in [6, 6.07) is 16.3. The first kappa shape index (κ1) is 26.5. The molecule has 8 heteroatoms. The Hall–Kier alpha value is -3.13. The number of hydrogen-bond acceptors (Lipinski definition) is 5. The molecule has 0 bridgehead atoms. The van der Waals surface area contributed by atoms with E-state index in [0.717, 1.165) is 37.9 Å². The monoisotopic (exact) mass is 519 g/mol. The second-order valence-electron chi connectivity index (χ2n) is 11.5. The summed E-state index contributed by atoms with van der Waals surface area (Å²) >= 11 is 0. The maximum absolute atomic E-state index is 13.7. The summed E-state index contributed by atoms with van der Waals surface area (Å²) in [5.41, 5.74) is 1.82. The van der Waals surface area contributed by atoms with E-state index in [-0.39, 0.29) is 29.6 Å². The van der Waals surface area contributed by atoms with Crippen LogP contribution in [0.1, 0.15) is 56.2 Å². The minimum Gasteiger partial charge on any atom is -0.481 e. The molecule has 3 fully saturated rings. The average molecular weight is 520 g/mol. The first-order valence-corrected chi connectivity index (χ1v) is 13.9. The molecule has 0 atom stereocenters. The van der Waals surface area contributed by atoms with Crippen LogP contribution in [0, 0.1) is 5.92 Å². The van der Waals surface area contributed by atoms with Crippen molar-refractivity contribution < 1.29 is 14.3 Å². The van der Waals surface area contributed by atoms with Gasteiger partial charge in [0.05, 0.1) is 24.9 Å². The standard InChI is InChI=1S/C30H41N5O3/c1-33(2)30(24-11-5-4-6-12-24)17-15-29(16-18-30)22-34(28(37)35(29)20-23-9-7-10-23)21-26(36)31-19-25-13-8-14-27(32-25)38-3/h4-6,8,11-14,23H,7,9-10,15-22H2,1-3H3,(H,31,36)/t29-,30-. The molecule has 2 saturated carbocycles. The SMILES string of the molecule is COc1cccc(CNC(=O)CN2C[C@]3(CC[C@@](c4ccccc4)(N(C)C)CC3)N(CC3CCC3)C2=O)n1. The van der Waals surface area contributed by atoms with Crippen LogP contribution in [-0.2, 0) is 16.9 Å². The number of nitrogens with zero attached hydrogens (tertiary/aromatic N) is 4. The lowest BCUT2D eigenvalue weighted by atomic mass is 9.68. The molecule has 38 heavy (non-hydrogen) atoms. The van der Waals surface area contributed by atoms with Crippen molar-refractivity contribution in [1.82, 2.24) is 25.0 Å². The van der Waals surface area contributed by atoms with E-state index in [1.165, 1.54) is 24.8 Å². The van der Waals surface area contributed by atoms with Crippen LogP contribution in [0.25, 0.3) is 0 Å². The van der Waals surface area contributed by atoms with Crippen LogP contribution in [0.3, 0.4) is 0 Å². The molecule has 1 aliphatic heterocycles. The van der Waals surface area contributed by atoms with Gasteiger partial charge in [-0.15, -0.1) is 0 Å². The number of benzene rings is 1. The van der Waals surface area contributed by atoms with E-state index in [1.807, 2.05) is 12.1 Å². The van der Waals surface area contributed by atoms with Crippen LogP contribution in [0.15, 0.2) is 48.5 Å². The maximum atomic E-state index is 13.7. The second-order valence-corrected chi connectivity index (χ2v) is 11.5. The first-order chi connectivity index (χ1) is 18.3. The Kier molecular flexibility index (Phi) is 7.61. The number of aromatic nitrogens is 1. The van der Waals surface area contributed by atoms with Gasteiger partial charge in [0, 0.05) is 24.7 Å². The molecule has 1 aromatic carbocycles. The number of rotatable bonds is 9. The van der Waals surface area contributed by atoms with E-state index in [9.17, 15) is 9.59 Å². The molecule has 1 saturated heterocycles. The van der Waals surface area contributed by atoms with E-state index in [2.05, 4.69) is 64.5 Å². The van der Waals surface area contributed by atoms with Crippen molar-refractivity contribution in [3.63, 3.8) is 0 Å². The van der Waals surface area contributed by atoms with Crippen LogP contribution in [0.4, 0.5) is 4.79 Å². The molecule has 1 aromatic heterocycles. The molecule has 0 unspecified atom stereocenters. The third kappa shape index (κ3) is 5.10. The van der Waals surface area contributed by atoms with Crippen LogP contribution >= 0.6 is 0 Å². The van der Waals surface area contributed by atoms with Gasteiger partial charge in [-0.2, -0.15) is 0 Å². The van der Waals surface area contributed by atoms with Gasteiger partial charge in [0.2, 0.25) is 11.8 Å². The van der Waals surface area contributed by atoms with Gasteiger partial charge in [-0.3, -0.25) is 9.69 Å². The van der Waals surface area contributed by atoms with Gasteiger partial charge >= 0.3 is 6.03 Å². The van der Waals surface area contributed by atoms with E-state index < -0.39 is 0 Å². The van der Waals surface area contributed by atoms with Crippen molar-refractivity contribution >= 4 is 11.9 Å². The number of methoxy groups -OCH3 is 1. The van der Waals surface area contributed by atoms with Crippen molar-refractivity contribution in [3.8, 4) is 5.88 Å². The molecule has 2 aliphatic carbocycles. The van der Waals surface area contributed by atoms with Gasteiger partial charge < -0.3 is 19.9 Å². The molecule has 5 rings (SSSR count). The van der Waals surface area contributed by atoms with E-state index >= 15 is 0 Å². The minimum atomic E-state index is -0.213. The number of hydrogen-bond donors (Lipinski definition) is 1. The quantitative estimate of drug-likeness (QED) is 0.542. The molecule has 8 nitrogen and oxygen atoms in total. The van der Waals surface area contributed by atoms with Gasteiger partial charge in [0.25, 0.3) is 0 Å². The van der Waals surface area contributed by atoms with Crippen molar-refractivity contribution in [2.75, 3.05) is 40.8 Å². The van der Waals surface area contributed by atoms with Crippen LogP contribution < -0.4 is 10.1 Å². The molecular formula is C30H41N5O3. The number of carbonyl (C=O) groups excluding carboxylic acids is 2. The zero-order valence-electron chi connectivity index (χ0n) is 23.0. The minimum absolute atomic E-state index is 0.0172. The van der Waals surface area contributed by atoms with Crippen LogP contribution in [0.5, 0.6) is 5.88 Å². The summed E-state index contributed by atoms with van der Waals surface area (Å²) in [4.78, 5) is 37.3. The molecule has 2 heterocycles. The van der Waals surface area contributed by atoms with Crippen LogP contribution in [-0.4, -0.2) is 78.0 Å². The maximum Gasteiger partial charge on any atom is 0.321 e. The molecule has 3 aliphatic rings. The Morgan fingerprint density at radius 1 is 1.08 bits per heavy atom. The summed E-state index contributed by atoms with van der Waals surface area (Å²) in [6.45, 7) is 1.80. The Labute approximate surface area is 226 Å². The zero-order chi connectivity index (χ0) is 26.8.